The standard InChI is InChI=1S/C9H5F6NO2/c1-3-2-4(7(17)18)6(9(13,14)15)16-5(3)8(10,11)12/h2H,1H3,(H,17,18). The van der Waals surface area contributed by atoms with Crippen LogP contribution in [0.2, 0.25) is 0 Å². The number of carboxylic acids is 1. The van der Waals surface area contributed by atoms with E-state index in [4.69, 9.17) is 5.11 Å². The van der Waals surface area contributed by atoms with Gasteiger partial charge in [0.1, 0.15) is 5.69 Å². The van der Waals surface area contributed by atoms with Crippen LogP contribution in [0, 0.1) is 6.92 Å². The van der Waals surface area contributed by atoms with Crippen LogP contribution in [-0.4, -0.2) is 16.1 Å². The Hall–Kier alpha value is -1.80. The van der Waals surface area contributed by atoms with Crippen molar-refractivity contribution in [1.82, 2.24) is 4.98 Å². The summed E-state index contributed by atoms with van der Waals surface area (Å²) in [6.07, 6.45) is -10.4. The van der Waals surface area contributed by atoms with Crippen molar-refractivity contribution >= 4 is 5.97 Å². The van der Waals surface area contributed by atoms with E-state index >= 15 is 0 Å². The zero-order chi connectivity index (χ0) is 14.3. The quantitative estimate of drug-likeness (QED) is 0.800. The molecule has 0 spiro atoms. The zero-order valence-corrected chi connectivity index (χ0v) is 8.65. The van der Waals surface area contributed by atoms with Gasteiger partial charge in [0.25, 0.3) is 0 Å². The molecule has 0 aliphatic carbocycles. The molecule has 0 amide bonds. The summed E-state index contributed by atoms with van der Waals surface area (Å²) in [6, 6.07) is 0.307. The molecule has 9 heteroatoms. The molecule has 0 atom stereocenters. The summed E-state index contributed by atoms with van der Waals surface area (Å²) < 4.78 is 74.4. The second-order valence-electron chi connectivity index (χ2n) is 3.35. The van der Waals surface area contributed by atoms with Gasteiger partial charge in [-0.1, -0.05) is 0 Å². The first kappa shape index (κ1) is 14.3. The predicted molar refractivity (Wildman–Crippen MR) is 45.9 cm³/mol. The monoisotopic (exact) mass is 273 g/mol. The minimum Gasteiger partial charge on any atom is -0.478 e. The summed E-state index contributed by atoms with van der Waals surface area (Å²) in [5.74, 6) is -1.99. The van der Waals surface area contributed by atoms with Gasteiger partial charge < -0.3 is 5.11 Å². The molecule has 0 aliphatic rings. The normalized spacial score (nSPS) is 12.6. The Morgan fingerprint density at radius 2 is 1.56 bits per heavy atom. The van der Waals surface area contributed by atoms with E-state index in [1.54, 1.807) is 0 Å². The highest BCUT2D eigenvalue weighted by Crippen LogP contribution is 2.36. The second kappa shape index (κ2) is 4.14. The molecule has 1 aromatic rings. The molecular weight excluding hydrogens is 268 g/mol. The molecule has 0 unspecified atom stereocenters. The maximum atomic E-state index is 12.4. The van der Waals surface area contributed by atoms with Crippen molar-refractivity contribution in [3.8, 4) is 0 Å². The molecule has 0 fully saturated rings. The van der Waals surface area contributed by atoms with Crippen LogP contribution >= 0.6 is 0 Å². The molecule has 0 aromatic carbocycles. The van der Waals surface area contributed by atoms with E-state index in [9.17, 15) is 31.1 Å². The van der Waals surface area contributed by atoms with Gasteiger partial charge in [-0.15, -0.1) is 0 Å². The number of carbonyl (C=O) groups is 1. The van der Waals surface area contributed by atoms with E-state index < -0.39 is 40.8 Å². The first-order valence-corrected chi connectivity index (χ1v) is 4.34. The van der Waals surface area contributed by atoms with Gasteiger partial charge in [-0.2, -0.15) is 26.3 Å². The molecule has 1 heterocycles. The maximum Gasteiger partial charge on any atom is 0.434 e. The van der Waals surface area contributed by atoms with Crippen molar-refractivity contribution in [3.63, 3.8) is 0 Å². The van der Waals surface area contributed by atoms with Crippen molar-refractivity contribution in [3.05, 3.63) is 28.6 Å². The van der Waals surface area contributed by atoms with Crippen molar-refractivity contribution in [2.45, 2.75) is 19.3 Å². The van der Waals surface area contributed by atoms with Crippen LogP contribution in [0.1, 0.15) is 27.3 Å². The van der Waals surface area contributed by atoms with Crippen molar-refractivity contribution in [1.29, 1.82) is 0 Å². The van der Waals surface area contributed by atoms with Gasteiger partial charge >= 0.3 is 18.3 Å². The van der Waals surface area contributed by atoms with E-state index in [2.05, 4.69) is 4.98 Å². The number of hydrogen-bond donors (Lipinski definition) is 1. The highest BCUT2D eigenvalue weighted by atomic mass is 19.4. The van der Waals surface area contributed by atoms with Crippen LogP contribution in [0.5, 0.6) is 0 Å². The minimum atomic E-state index is -5.28. The molecule has 1 N–H and O–H groups in total. The lowest BCUT2D eigenvalue weighted by molar-refractivity contribution is -0.150. The van der Waals surface area contributed by atoms with Crippen LogP contribution < -0.4 is 0 Å². The maximum absolute atomic E-state index is 12.4. The lowest BCUT2D eigenvalue weighted by Crippen LogP contribution is -2.21. The third-order valence-electron chi connectivity index (χ3n) is 1.98. The summed E-state index contributed by atoms with van der Waals surface area (Å²) in [5.41, 5.74) is -5.81. The largest absolute Gasteiger partial charge is 0.478 e. The minimum absolute atomic E-state index is 0.307. The van der Waals surface area contributed by atoms with Gasteiger partial charge in [-0.3, -0.25) is 0 Å². The van der Waals surface area contributed by atoms with E-state index in [0.717, 1.165) is 6.92 Å². The summed E-state index contributed by atoms with van der Waals surface area (Å²) in [4.78, 5) is 13.0. The van der Waals surface area contributed by atoms with Crippen molar-refractivity contribution in [2.75, 3.05) is 0 Å². The number of rotatable bonds is 1. The molecule has 3 nitrogen and oxygen atoms in total. The Kier molecular flexibility index (Phi) is 3.28. The summed E-state index contributed by atoms with van der Waals surface area (Å²) in [5, 5.41) is 8.53. The topological polar surface area (TPSA) is 50.2 Å². The number of halogens is 6. The number of pyridine rings is 1. The van der Waals surface area contributed by atoms with E-state index in [1.165, 1.54) is 0 Å². The Bertz CT molecular complexity index is 491. The van der Waals surface area contributed by atoms with E-state index in [0.29, 0.717) is 6.07 Å². The fraction of sp³-hybridized carbons (Fsp3) is 0.333. The summed E-state index contributed by atoms with van der Waals surface area (Å²) in [7, 11) is 0. The average Bonchev–Trinajstić information content (AvgIpc) is 2.12. The van der Waals surface area contributed by atoms with Crippen LogP contribution in [0.4, 0.5) is 26.3 Å². The van der Waals surface area contributed by atoms with Crippen LogP contribution in [-0.2, 0) is 12.4 Å². The Balaban J connectivity index is 3.62. The number of hydrogen-bond acceptors (Lipinski definition) is 2. The van der Waals surface area contributed by atoms with Crippen molar-refractivity contribution < 1.29 is 36.2 Å². The molecule has 1 rings (SSSR count). The number of aryl methyl sites for hydroxylation is 1. The molecule has 1 aromatic heterocycles. The van der Waals surface area contributed by atoms with E-state index in [1.807, 2.05) is 0 Å². The van der Waals surface area contributed by atoms with Gasteiger partial charge in [0.2, 0.25) is 0 Å². The highest BCUT2D eigenvalue weighted by molar-refractivity contribution is 5.89. The molecule has 100 valence electrons. The second-order valence-corrected chi connectivity index (χ2v) is 3.35. The molecule has 0 saturated heterocycles. The molecule has 0 radical (unpaired) electrons. The number of alkyl halides is 6. The van der Waals surface area contributed by atoms with Crippen LogP contribution in [0.25, 0.3) is 0 Å². The van der Waals surface area contributed by atoms with E-state index in [-0.39, 0.29) is 0 Å². The van der Waals surface area contributed by atoms with Crippen LogP contribution in [0.3, 0.4) is 0 Å². The summed E-state index contributed by atoms with van der Waals surface area (Å²) >= 11 is 0. The first-order chi connectivity index (χ1) is 7.94. The first-order valence-electron chi connectivity index (χ1n) is 4.34. The fourth-order valence-electron chi connectivity index (χ4n) is 1.28. The van der Waals surface area contributed by atoms with Crippen molar-refractivity contribution in [2.24, 2.45) is 0 Å². The zero-order valence-electron chi connectivity index (χ0n) is 8.65. The SMILES string of the molecule is Cc1cc(C(=O)O)c(C(F)(F)F)nc1C(F)(F)F. The van der Waals surface area contributed by atoms with Gasteiger partial charge in [-0.25, -0.2) is 9.78 Å². The predicted octanol–water partition coefficient (Wildman–Crippen LogP) is 3.13. The molecule has 18 heavy (non-hydrogen) atoms. The Morgan fingerprint density at radius 3 is 1.89 bits per heavy atom. The lowest BCUT2D eigenvalue weighted by Gasteiger charge is -2.14. The molecular formula is C9H5F6NO2. The number of nitrogens with zero attached hydrogens (tertiary/aromatic N) is 1. The van der Waals surface area contributed by atoms with Gasteiger partial charge in [0.15, 0.2) is 5.69 Å². The van der Waals surface area contributed by atoms with Crippen LogP contribution in [0.15, 0.2) is 6.07 Å². The van der Waals surface area contributed by atoms with Gasteiger partial charge in [0.05, 0.1) is 5.56 Å². The molecule has 0 bridgehead atoms. The smallest absolute Gasteiger partial charge is 0.434 e. The highest BCUT2D eigenvalue weighted by Gasteiger charge is 2.42. The lowest BCUT2D eigenvalue weighted by atomic mass is 10.1. The van der Waals surface area contributed by atoms with Gasteiger partial charge in [0, 0.05) is 0 Å². The molecule has 0 aliphatic heterocycles. The number of carboxylic acid groups (broad SMARTS) is 1. The fourth-order valence-corrected chi connectivity index (χ4v) is 1.28. The Labute approximate surface area is 96.1 Å². The Morgan fingerprint density at radius 1 is 1.11 bits per heavy atom. The number of aromatic carboxylic acids is 1. The third-order valence-corrected chi connectivity index (χ3v) is 1.98. The average molecular weight is 273 g/mol. The summed E-state index contributed by atoms with van der Waals surface area (Å²) in [6.45, 7) is 0.836. The third kappa shape index (κ3) is 2.71. The number of aromatic nitrogens is 1. The molecule has 0 saturated carbocycles. The van der Waals surface area contributed by atoms with Gasteiger partial charge in [-0.05, 0) is 18.6 Å².